The van der Waals surface area contributed by atoms with Gasteiger partial charge in [-0.05, 0) is 25.3 Å². The molecule has 0 bridgehead atoms. The van der Waals surface area contributed by atoms with E-state index in [0.717, 1.165) is 12.5 Å². The number of nitrogens with two attached hydrogens (primary N) is 1. The number of hydrogen-bond acceptors (Lipinski definition) is 1. The van der Waals surface area contributed by atoms with Gasteiger partial charge in [-0.25, -0.2) is 0 Å². The summed E-state index contributed by atoms with van der Waals surface area (Å²) >= 11 is 0. The van der Waals surface area contributed by atoms with Gasteiger partial charge in [0.25, 0.3) is 0 Å². The summed E-state index contributed by atoms with van der Waals surface area (Å²) in [6.45, 7) is 0.917. The summed E-state index contributed by atoms with van der Waals surface area (Å²) in [6, 6.07) is 0. The molecule has 2 N–H and O–H groups in total. The Balaban J connectivity index is 2.18. The van der Waals surface area contributed by atoms with Crippen molar-refractivity contribution in [3.05, 3.63) is 0 Å². The molecule has 0 heterocycles. The molecular weight excluding hydrogens is 110 g/mol. The highest BCUT2D eigenvalue weighted by Crippen LogP contribution is 2.21. The van der Waals surface area contributed by atoms with Gasteiger partial charge >= 0.3 is 0 Å². The molecule has 1 aliphatic rings. The van der Waals surface area contributed by atoms with E-state index in [0.29, 0.717) is 0 Å². The third kappa shape index (κ3) is 2.35. The molecule has 0 aromatic rings. The monoisotopic (exact) mass is 127 g/mol. The van der Waals surface area contributed by atoms with Crippen LogP contribution in [-0.4, -0.2) is 6.54 Å². The van der Waals surface area contributed by atoms with E-state index >= 15 is 0 Å². The van der Waals surface area contributed by atoms with Crippen LogP contribution < -0.4 is 5.73 Å². The topological polar surface area (TPSA) is 26.0 Å². The fraction of sp³-hybridized carbons (Fsp3) is 1.00. The minimum atomic E-state index is 0.854. The van der Waals surface area contributed by atoms with E-state index in [4.69, 9.17) is 5.73 Å². The highest BCUT2D eigenvalue weighted by Gasteiger charge is 2.08. The molecule has 0 amide bonds. The summed E-state index contributed by atoms with van der Waals surface area (Å²) in [7, 11) is 0. The Morgan fingerprint density at radius 2 is 1.56 bits per heavy atom. The molecule has 1 aliphatic carbocycles. The number of hydrogen-bond donors (Lipinski definition) is 1. The Bertz CT molecular complexity index is 63.0. The lowest BCUT2D eigenvalue weighted by molar-refractivity contribution is 0.471. The van der Waals surface area contributed by atoms with Crippen molar-refractivity contribution in [1.29, 1.82) is 0 Å². The van der Waals surface area contributed by atoms with Crippen LogP contribution in [0.1, 0.15) is 38.5 Å². The van der Waals surface area contributed by atoms with E-state index in [-0.39, 0.29) is 0 Å². The van der Waals surface area contributed by atoms with Gasteiger partial charge in [0.2, 0.25) is 0 Å². The van der Waals surface area contributed by atoms with Gasteiger partial charge in [-0.3, -0.25) is 0 Å². The molecule has 1 heteroatoms. The fourth-order valence-corrected chi connectivity index (χ4v) is 1.60. The van der Waals surface area contributed by atoms with Gasteiger partial charge in [0, 0.05) is 0 Å². The largest absolute Gasteiger partial charge is 0.330 e. The molecule has 0 aliphatic heterocycles. The Hall–Kier alpha value is -0.0400. The minimum absolute atomic E-state index is 0.854. The zero-order valence-electron chi connectivity index (χ0n) is 6.10. The van der Waals surface area contributed by atoms with Crippen LogP contribution in [0.4, 0.5) is 0 Å². The standard InChI is InChI=1S/C8H17N/c9-7-8-5-3-1-2-4-6-8/h8H,1-7,9H2. The van der Waals surface area contributed by atoms with Gasteiger partial charge in [-0.15, -0.1) is 0 Å². The van der Waals surface area contributed by atoms with E-state index in [9.17, 15) is 0 Å². The van der Waals surface area contributed by atoms with Crippen molar-refractivity contribution in [1.82, 2.24) is 0 Å². The van der Waals surface area contributed by atoms with Crippen LogP contribution in [0.25, 0.3) is 0 Å². The Labute approximate surface area is 57.6 Å². The van der Waals surface area contributed by atoms with Crippen molar-refractivity contribution >= 4 is 0 Å². The maximum absolute atomic E-state index is 5.57. The van der Waals surface area contributed by atoms with Gasteiger partial charge in [-0.1, -0.05) is 25.7 Å². The predicted molar refractivity (Wildman–Crippen MR) is 40.2 cm³/mol. The van der Waals surface area contributed by atoms with Crippen LogP contribution in [0.3, 0.4) is 0 Å². The second kappa shape index (κ2) is 3.89. The third-order valence-corrected chi connectivity index (χ3v) is 2.31. The van der Waals surface area contributed by atoms with Crippen LogP contribution >= 0.6 is 0 Å². The summed E-state index contributed by atoms with van der Waals surface area (Å²) in [4.78, 5) is 0. The van der Waals surface area contributed by atoms with E-state index < -0.39 is 0 Å². The lowest BCUT2D eigenvalue weighted by Crippen LogP contribution is -2.12. The van der Waals surface area contributed by atoms with Crippen LogP contribution in [0.5, 0.6) is 0 Å². The van der Waals surface area contributed by atoms with Crippen LogP contribution in [0.2, 0.25) is 0 Å². The predicted octanol–water partition coefficient (Wildman–Crippen LogP) is 1.92. The highest BCUT2D eigenvalue weighted by atomic mass is 14.5. The first kappa shape index (κ1) is 7.07. The van der Waals surface area contributed by atoms with E-state index in [2.05, 4.69) is 0 Å². The first-order valence-electron chi connectivity index (χ1n) is 4.13. The molecule has 0 aromatic carbocycles. The molecule has 54 valence electrons. The quantitative estimate of drug-likeness (QED) is 0.535. The van der Waals surface area contributed by atoms with Gasteiger partial charge < -0.3 is 5.73 Å². The molecule has 0 aromatic heterocycles. The van der Waals surface area contributed by atoms with Crippen molar-refractivity contribution in [3.8, 4) is 0 Å². The Morgan fingerprint density at radius 3 is 2.00 bits per heavy atom. The van der Waals surface area contributed by atoms with Crippen molar-refractivity contribution in [3.63, 3.8) is 0 Å². The fourth-order valence-electron chi connectivity index (χ4n) is 1.60. The second-order valence-electron chi connectivity index (χ2n) is 3.09. The van der Waals surface area contributed by atoms with Gasteiger partial charge in [-0.2, -0.15) is 0 Å². The highest BCUT2D eigenvalue weighted by molar-refractivity contribution is 4.64. The first-order valence-corrected chi connectivity index (χ1v) is 4.13. The van der Waals surface area contributed by atoms with E-state index in [1.807, 2.05) is 0 Å². The van der Waals surface area contributed by atoms with Crippen LogP contribution in [0.15, 0.2) is 0 Å². The first-order chi connectivity index (χ1) is 4.43. The molecule has 0 atom stereocenters. The maximum atomic E-state index is 5.57. The minimum Gasteiger partial charge on any atom is -0.330 e. The molecule has 0 spiro atoms. The maximum Gasteiger partial charge on any atom is -0.00489 e. The van der Waals surface area contributed by atoms with Crippen molar-refractivity contribution < 1.29 is 0 Å². The van der Waals surface area contributed by atoms with E-state index in [1.54, 1.807) is 0 Å². The van der Waals surface area contributed by atoms with Crippen LogP contribution in [-0.2, 0) is 0 Å². The van der Waals surface area contributed by atoms with Gasteiger partial charge in [0.1, 0.15) is 0 Å². The summed E-state index contributed by atoms with van der Waals surface area (Å²) < 4.78 is 0. The summed E-state index contributed by atoms with van der Waals surface area (Å²) in [5.41, 5.74) is 5.57. The van der Waals surface area contributed by atoms with Gasteiger partial charge in [0.15, 0.2) is 0 Å². The Morgan fingerprint density at radius 1 is 1.00 bits per heavy atom. The van der Waals surface area contributed by atoms with Crippen LogP contribution in [0, 0.1) is 5.92 Å². The number of rotatable bonds is 1. The summed E-state index contributed by atoms with van der Waals surface area (Å²) in [5.74, 6) is 0.854. The smallest absolute Gasteiger partial charge is 0.00489 e. The lowest BCUT2D eigenvalue weighted by atomic mass is 10.0. The molecule has 0 saturated heterocycles. The van der Waals surface area contributed by atoms with Crippen molar-refractivity contribution in [2.24, 2.45) is 11.7 Å². The molecule has 9 heavy (non-hydrogen) atoms. The molecule has 1 fully saturated rings. The summed E-state index contributed by atoms with van der Waals surface area (Å²) in [5, 5.41) is 0. The molecule has 1 rings (SSSR count). The van der Waals surface area contributed by atoms with Crippen molar-refractivity contribution in [2.45, 2.75) is 38.5 Å². The summed E-state index contributed by atoms with van der Waals surface area (Å²) in [6.07, 6.45) is 8.49. The average Bonchev–Trinajstić information content (AvgIpc) is 2.13. The zero-order chi connectivity index (χ0) is 6.53. The van der Waals surface area contributed by atoms with Crippen molar-refractivity contribution in [2.75, 3.05) is 6.54 Å². The molecule has 0 unspecified atom stereocenters. The molecule has 0 radical (unpaired) electrons. The average molecular weight is 127 g/mol. The lowest BCUT2D eigenvalue weighted by Gasteiger charge is -2.08. The van der Waals surface area contributed by atoms with E-state index in [1.165, 1.54) is 38.5 Å². The van der Waals surface area contributed by atoms with Gasteiger partial charge in [0.05, 0.1) is 0 Å². The molecule has 1 saturated carbocycles. The molecular formula is C8H17N. The normalized spacial score (nSPS) is 23.7. The zero-order valence-corrected chi connectivity index (χ0v) is 6.10. The second-order valence-corrected chi connectivity index (χ2v) is 3.09. The molecule has 1 nitrogen and oxygen atoms in total. The Kier molecular flexibility index (Phi) is 3.05. The third-order valence-electron chi connectivity index (χ3n) is 2.31. The SMILES string of the molecule is NCC1CCCCCC1.